The van der Waals surface area contributed by atoms with Crippen LogP contribution in [0.25, 0.3) is 5.69 Å². The maximum absolute atomic E-state index is 13.4. The van der Waals surface area contributed by atoms with E-state index in [9.17, 15) is 9.18 Å². The second-order valence-corrected chi connectivity index (χ2v) is 4.97. The highest BCUT2D eigenvalue weighted by Crippen LogP contribution is 2.42. The molecule has 0 unspecified atom stereocenters. The van der Waals surface area contributed by atoms with Gasteiger partial charge in [-0.05, 0) is 31.0 Å². The Morgan fingerprint density at radius 3 is 2.86 bits per heavy atom. The van der Waals surface area contributed by atoms with Crippen LogP contribution in [0.2, 0.25) is 0 Å². The molecule has 0 N–H and O–H groups in total. The first-order valence-corrected chi connectivity index (χ1v) is 6.65. The summed E-state index contributed by atoms with van der Waals surface area (Å²) in [4.78, 5) is 17.2. The van der Waals surface area contributed by atoms with Crippen molar-refractivity contribution in [1.82, 2.24) is 20.1 Å². The summed E-state index contributed by atoms with van der Waals surface area (Å²) in [5, 5.41) is 9.10. The minimum atomic E-state index is -0.359. The highest BCUT2D eigenvalue weighted by Gasteiger charge is 2.35. The molecule has 1 amide bonds. The Bertz CT molecular complexity index is 681. The van der Waals surface area contributed by atoms with E-state index in [2.05, 4.69) is 10.3 Å². The van der Waals surface area contributed by atoms with E-state index < -0.39 is 0 Å². The van der Waals surface area contributed by atoms with Crippen LogP contribution in [0.4, 0.5) is 4.39 Å². The van der Waals surface area contributed by atoms with Gasteiger partial charge in [0.15, 0.2) is 5.69 Å². The van der Waals surface area contributed by atoms with Gasteiger partial charge in [0.1, 0.15) is 5.82 Å². The van der Waals surface area contributed by atoms with E-state index in [4.69, 9.17) is 4.84 Å². The molecule has 0 bridgehead atoms. The molecular weight excluding hydrogens is 275 g/mol. The lowest BCUT2D eigenvalue weighted by Crippen LogP contribution is -2.26. The summed E-state index contributed by atoms with van der Waals surface area (Å²) in [6.07, 6.45) is 1.94. The predicted molar refractivity (Wildman–Crippen MR) is 72.4 cm³/mol. The zero-order valence-corrected chi connectivity index (χ0v) is 11.8. The topological polar surface area (TPSA) is 60.2 Å². The molecule has 1 aromatic carbocycles. The maximum atomic E-state index is 13.4. The van der Waals surface area contributed by atoms with Gasteiger partial charge in [-0.2, -0.15) is 0 Å². The van der Waals surface area contributed by atoms with Crippen LogP contribution in [0, 0.1) is 5.82 Å². The van der Waals surface area contributed by atoms with Crippen molar-refractivity contribution < 1.29 is 14.0 Å². The summed E-state index contributed by atoms with van der Waals surface area (Å²) in [5.41, 5.74) is 1.53. The van der Waals surface area contributed by atoms with Gasteiger partial charge in [0.25, 0.3) is 5.91 Å². The molecule has 1 aromatic heterocycles. The van der Waals surface area contributed by atoms with Crippen LogP contribution >= 0.6 is 0 Å². The van der Waals surface area contributed by atoms with E-state index in [0.717, 1.165) is 23.6 Å². The monoisotopic (exact) mass is 290 g/mol. The third kappa shape index (κ3) is 2.52. The lowest BCUT2D eigenvalue weighted by Gasteiger charge is -2.13. The fourth-order valence-electron chi connectivity index (χ4n) is 2.20. The first-order chi connectivity index (χ1) is 10.1. The molecule has 3 rings (SSSR count). The number of hydrogen-bond donors (Lipinski definition) is 0. The van der Waals surface area contributed by atoms with Gasteiger partial charge in [-0.15, -0.1) is 5.10 Å². The fourth-order valence-corrected chi connectivity index (χ4v) is 2.20. The number of carbonyl (C=O) groups excluding carboxylic acids is 1. The van der Waals surface area contributed by atoms with Crippen molar-refractivity contribution in [2.75, 3.05) is 14.2 Å². The smallest absolute Gasteiger partial charge is 0.274 e. The van der Waals surface area contributed by atoms with Crippen molar-refractivity contribution >= 4 is 5.91 Å². The molecule has 1 aliphatic carbocycles. The minimum Gasteiger partial charge on any atom is -0.274 e. The second-order valence-electron chi connectivity index (χ2n) is 4.97. The summed E-state index contributed by atoms with van der Waals surface area (Å²) >= 11 is 0. The highest BCUT2D eigenvalue weighted by molar-refractivity contribution is 5.92. The molecule has 7 heteroatoms. The quantitative estimate of drug-likeness (QED) is 0.807. The van der Waals surface area contributed by atoms with Crippen LogP contribution < -0.4 is 0 Å². The molecule has 1 fully saturated rings. The van der Waals surface area contributed by atoms with Gasteiger partial charge in [0.2, 0.25) is 0 Å². The molecule has 21 heavy (non-hydrogen) atoms. The third-order valence-corrected chi connectivity index (χ3v) is 3.48. The van der Waals surface area contributed by atoms with E-state index in [1.807, 2.05) is 0 Å². The molecule has 110 valence electrons. The van der Waals surface area contributed by atoms with Crippen LogP contribution in [-0.2, 0) is 4.84 Å². The zero-order chi connectivity index (χ0) is 15.0. The van der Waals surface area contributed by atoms with Gasteiger partial charge in [-0.1, -0.05) is 11.3 Å². The van der Waals surface area contributed by atoms with Crippen molar-refractivity contribution in [2.24, 2.45) is 0 Å². The second kappa shape index (κ2) is 5.25. The van der Waals surface area contributed by atoms with E-state index >= 15 is 0 Å². The summed E-state index contributed by atoms with van der Waals surface area (Å²) in [6.45, 7) is 0. The Labute approximate surface area is 121 Å². The molecule has 2 aromatic rings. The average molecular weight is 290 g/mol. The molecule has 1 aliphatic rings. The van der Waals surface area contributed by atoms with E-state index in [0.29, 0.717) is 5.69 Å². The number of nitrogens with zero attached hydrogens (tertiary/aromatic N) is 4. The van der Waals surface area contributed by atoms with Gasteiger partial charge < -0.3 is 0 Å². The molecule has 0 atom stereocenters. The van der Waals surface area contributed by atoms with E-state index in [1.54, 1.807) is 12.1 Å². The van der Waals surface area contributed by atoms with E-state index in [1.165, 1.54) is 31.0 Å². The lowest BCUT2D eigenvalue weighted by atomic mass is 10.2. The van der Waals surface area contributed by atoms with Gasteiger partial charge in [0, 0.05) is 13.0 Å². The molecule has 6 nitrogen and oxygen atoms in total. The minimum absolute atomic E-state index is 0.229. The van der Waals surface area contributed by atoms with Crippen LogP contribution in [-0.4, -0.2) is 40.1 Å². The van der Waals surface area contributed by atoms with Crippen LogP contribution in [0.1, 0.15) is 34.9 Å². The van der Waals surface area contributed by atoms with Crippen LogP contribution in [0.15, 0.2) is 24.3 Å². The van der Waals surface area contributed by atoms with Gasteiger partial charge in [-0.25, -0.2) is 14.1 Å². The van der Waals surface area contributed by atoms with Crippen molar-refractivity contribution in [1.29, 1.82) is 0 Å². The van der Waals surface area contributed by atoms with Crippen molar-refractivity contribution in [3.63, 3.8) is 0 Å². The molecule has 0 radical (unpaired) electrons. The number of hydrogen-bond acceptors (Lipinski definition) is 4. The number of carbonyl (C=O) groups is 1. The molecule has 0 aliphatic heterocycles. The van der Waals surface area contributed by atoms with Crippen molar-refractivity contribution in [2.45, 2.75) is 18.8 Å². The van der Waals surface area contributed by atoms with Crippen LogP contribution in [0.3, 0.4) is 0 Å². The number of hydroxylamine groups is 2. The molecular formula is C14H15FN4O2. The molecule has 0 saturated heterocycles. The van der Waals surface area contributed by atoms with E-state index in [-0.39, 0.29) is 23.3 Å². The van der Waals surface area contributed by atoms with Gasteiger partial charge >= 0.3 is 0 Å². The molecule has 1 saturated carbocycles. The predicted octanol–water partition coefficient (Wildman–Crippen LogP) is 1.92. The molecule has 0 spiro atoms. The molecule has 1 heterocycles. The Hall–Kier alpha value is -2.28. The number of amides is 1. The normalized spacial score (nSPS) is 14.2. The zero-order valence-electron chi connectivity index (χ0n) is 11.8. The number of rotatable bonds is 4. The largest absolute Gasteiger partial charge is 0.299 e. The van der Waals surface area contributed by atoms with Gasteiger partial charge in [-0.3, -0.25) is 9.63 Å². The standard InChI is InChI=1S/C14H15FN4O2/c1-18(21-2)14(20)12-13(9-6-7-9)19(17-16-12)11-5-3-4-10(15)8-11/h3-5,8-9H,6-7H2,1-2H3. The fraction of sp³-hybridized carbons (Fsp3) is 0.357. The van der Waals surface area contributed by atoms with Gasteiger partial charge in [0.05, 0.1) is 18.5 Å². The first kappa shape index (κ1) is 13.7. The number of aromatic nitrogens is 3. The van der Waals surface area contributed by atoms with Crippen molar-refractivity contribution in [3.05, 3.63) is 41.5 Å². The Kier molecular flexibility index (Phi) is 3.42. The Morgan fingerprint density at radius 2 is 2.24 bits per heavy atom. The SMILES string of the molecule is CON(C)C(=O)c1nnn(-c2cccc(F)c2)c1C1CC1. The average Bonchev–Trinajstić information content (AvgIpc) is 3.24. The summed E-state index contributed by atoms with van der Waals surface area (Å²) in [7, 11) is 2.92. The highest BCUT2D eigenvalue weighted by atomic mass is 19.1. The summed E-state index contributed by atoms with van der Waals surface area (Å²) < 4.78 is 14.9. The third-order valence-electron chi connectivity index (χ3n) is 3.48. The number of halogens is 1. The Morgan fingerprint density at radius 1 is 1.48 bits per heavy atom. The maximum Gasteiger partial charge on any atom is 0.299 e. The lowest BCUT2D eigenvalue weighted by molar-refractivity contribution is -0.0761. The first-order valence-electron chi connectivity index (χ1n) is 6.65. The Balaban J connectivity index is 2.07. The van der Waals surface area contributed by atoms with Crippen molar-refractivity contribution in [3.8, 4) is 5.69 Å². The summed E-state index contributed by atoms with van der Waals surface area (Å²) in [5.74, 6) is -0.485. The summed E-state index contributed by atoms with van der Waals surface area (Å²) in [6, 6.07) is 6.07. The van der Waals surface area contributed by atoms with Crippen LogP contribution in [0.5, 0.6) is 0 Å². The number of benzene rings is 1.